The van der Waals surface area contributed by atoms with Gasteiger partial charge in [-0.05, 0) is 43.5 Å². The van der Waals surface area contributed by atoms with E-state index in [4.69, 9.17) is 0 Å². The molecule has 106 valence electrons. The summed E-state index contributed by atoms with van der Waals surface area (Å²) in [6.07, 6.45) is 2.18. The van der Waals surface area contributed by atoms with Gasteiger partial charge in [0.15, 0.2) is 0 Å². The van der Waals surface area contributed by atoms with Crippen LogP contribution in [0.4, 0.5) is 5.69 Å². The van der Waals surface area contributed by atoms with E-state index < -0.39 is 6.10 Å². The molecule has 20 heavy (non-hydrogen) atoms. The van der Waals surface area contributed by atoms with E-state index in [0.29, 0.717) is 25.1 Å². The van der Waals surface area contributed by atoms with Crippen molar-refractivity contribution in [3.8, 4) is 0 Å². The molecule has 2 aliphatic rings. The fraction of sp³-hybridized carbons (Fsp3) is 0.467. The Bertz CT molecular complexity index is 522. The smallest absolute Gasteiger partial charge is 0.253 e. The Labute approximate surface area is 117 Å². The van der Waals surface area contributed by atoms with Gasteiger partial charge in [-0.2, -0.15) is 0 Å². The van der Waals surface area contributed by atoms with Gasteiger partial charge < -0.3 is 15.3 Å². The van der Waals surface area contributed by atoms with E-state index >= 15 is 0 Å². The maximum Gasteiger partial charge on any atom is 0.253 e. The molecule has 1 heterocycles. The number of aliphatic hydroxyl groups excluding tert-OH is 1. The number of β-amino-alcohol motifs (C(OH)–C–C–N with tert-alkyl or cyclic N) is 1. The molecule has 0 spiro atoms. The Morgan fingerprint density at radius 2 is 1.85 bits per heavy atom. The maximum absolute atomic E-state index is 12.2. The quantitative estimate of drug-likeness (QED) is 0.871. The maximum atomic E-state index is 12.2. The number of nitrogens with one attached hydrogen (secondary N) is 1. The highest BCUT2D eigenvalue weighted by atomic mass is 16.3. The highest BCUT2D eigenvalue weighted by molar-refractivity contribution is 5.96. The van der Waals surface area contributed by atoms with Crippen LogP contribution in [0.2, 0.25) is 0 Å². The number of rotatable bonds is 3. The molecule has 1 aromatic rings. The predicted octanol–water partition coefficient (Wildman–Crippen LogP) is 1.24. The molecule has 1 saturated carbocycles. The summed E-state index contributed by atoms with van der Waals surface area (Å²) in [6, 6.07) is 6.94. The van der Waals surface area contributed by atoms with Crippen molar-refractivity contribution in [2.24, 2.45) is 5.92 Å². The second-order valence-electron chi connectivity index (χ2n) is 5.53. The number of hydrogen-bond donors (Lipinski definition) is 2. The van der Waals surface area contributed by atoms with Gasteiger partial charge in [0.2, 0.25) is 5.91 Å². The van der Waals surface area contributed by atoms with Crippen LogP contribution < -0.4 is 5.32 Å². The lowest BCUT2D eigenvalue weighted by Crippen LogP contribution is -2.29. The number of amides is 2. The number of likely N-dealkylation sites (tertiary alicyclic amines) is 1. The number of aliphatic hydroxyl groups is 1. The van der Waals surface area contributed by atoms with Crippen molar-refractivity contribution in [3.05, 3.63) is 29.8 Å². The SMILES string of the molecule is O=C(Nc1ccc(C(=O)N2CC[C@@H](O)C2)cc1)C1CC1. The lowest BCUT2D eigenvalue weighted by Gasteiger charge is -2.15. The average Bonchev–Trinajstić information content (AvgIpc) is 3.21. The Balaban J connectivity index is 1.63. The molecule has 1 saturated heterocycles. The summed E-state index contributed by atoms with van der Waals surface area (Å²) in [6.45, 7) is 0.999. The van der Waals surface area contributed by atoms with Gasteiger partial charge >= 0.3 is 0 Å². The first-order valence-electron chi connectivity index (χ1n) is 7.02. The van der Waals surface area contributed by atoms with Crippen molar-refractivity contribution in [1.29, 1.82) is 0 Å². The van der Waals surface area contributed by atoms with E-state index in [-0.39, 0.29) is 17.7 Å². The standard InChI is InChI=1S/C15H18N2O3/c18-13-7-8-17(9-13)15(20)11-3-5-12(6-4-11)16-14(19)10-1-2-10/h3-6,10,13,18H,1-2,7-9H2,(H,16,19)/t13-/m1/s1. The highest BCUT2D eigenvalue weighted by Crippen LogP contribution is 2.30. The molecule has 1 aromatic carbocycles. The molecule has 0 bridgehead atoms. The summed E-state index contributed by atoms with van der Waals surface area (Å²) in [7, 11) is 0. The molecule has 1 aliphatic carbocycles. The first kappa shape index (κ1) is 13.1. The van der Waals surface area contributed by atoms with Crippen molar-refractivity contribution in [2.45, 2.75) is 25.4 Å². The summed E-state index contributed by atoms with van der Waals surface area (Å²) in [5.41, 5.74) is 1.31. The monoisotopic (exact) mass is 274 g/mol. The van der Waals surface area contributed by atoms with Gasteiger partial charge in [-0.3, -0.25) is 9.59 Å². The molecule has 0 unspecified atom stereocenters. The summed E-state index contributed by atoms with van der Waals surface area (Å²) in [5, 5.41) is 12.3. The van der Waals surface area contributed by atoms with E-state index in [9.17, 15) is 14.7 Å². The predicted molar refractivity (Wildman–Crippen MR) is 74.3 cm³/mol. The van der Waals surface area contributed by atoms with E-state index in [0.717, 1.165) is 18.5 Å². The van der Waals surface area contributed by atoms with Crippen molar-refractivity contribution < 1.29 is 14.7 Å². The summed E-state index contributed by atoms with van der Waals surface area (Å²) >= 11 is 0. The van der Waals surface area contributed by atoms with Gasteiger partial charge in [0.05, 0.1) is 6.10 Å². The minimum atomic E-state index is -0.406. The first-order valence-corrected chi connectivity index (χ1v) is 7.02. The van der Waals surface area contributed by atoms with Crippen LogP contribution in [0.5, 0.6) is 0 Å². The van der Waals surface area contributed by atoms with Gasteiger partial charge in [0, 0.05) is 30.3 Å². The van der Waals surface area contributed by atoms with Gasteiger partial charge in [-0.15, -0.1) is 0 Å². The molecule has 1 atom stereocenters. The van der Waals surface area contributed by atoms with Gasteiger partial charge in [-0.1, -0.05) is 0 Å². The van der Waals surface area contributed by atoms with Gasteiger partial charge in [0.25, 0.3) is 5.91 Å². The number of carbonyl (C=O) groups is 2. The van der Waals surface area contributed by atoms with E-state index in [1.165, 1.54) is 0 Å². The number of hydrogen-bond acceptors (Lipinski definition) is 3. The molecule has 3 rings (SSSR count). The van der Waals surface area contributed by atoms with E-state index in [2.05, 4.69) is 5.32 Å². The second-order valence-corrected chi connectivity index (χ2v) is 5.53. The summed E-state index contributed by atoms with van der Waals surface area (Å²) in [5.74, 6) is 0.163. The zero-order valence-electron chi connectivity index (χ0n) is 11.2. The van der Waals surface area contributed by atoms with Gasteiger partial charge in [0.1, 0.15) is 0 Å². The third kappa shape index (κ3) is 2.82. The third-order valence-electron chi connectivity index (χ3n) is 3.80. The van der Waals surface area contributed by atoms with Crippen molar-refractivity contribution >= 4 is 17.5 Å². The topological polar surface area (TPSA) is 69.6 Å². The fourth-order valence-corrected chi connectivity index (χ4v) is 2.39. The lowest BCUT2D eigenvalue weighted by molar-refractivity contribution is -0.117. The molecule has 2 amide bonds. The second kappa shape index (κ2) is 5.25. The van der Waals surface area contributed by atoms with Crippen LogP contribution in [0.3, 0.4) is 0 Å². The number of benzene rings is 1. The first-order chi connectivity index (χ1) is 9.63. The van der Waals surface area contributed by atoms with Crippen LogP contribution in [-0.2, 0) is 4.79 Å². The van der Waals surface area contributed by atoms with Crippen molar-refractivity contribution in [2.75, 3.05) is 18.4 Å². The normalized spacial score (nSPS) is 21.9. The van der Waals surface area contributed by atoms with Crippen LogP contribution in [0.25, 0.3) is 0 Å². The number of nitrogens with zero attached hydrogens (tertiary/aromatic N) is 1. The molecule has 1 aliphatic heterocycles. The van der Waals surface area contributed by atoms with Crippen LogP contribution in [0, 0.1) is 5.92 Å². The molecule has 2 fully saturated rings. The fourth-order valence-electron chi connectivity index (χ4n) is 2.39. The van der Waals surface area contributed by atoms with Crippen LogP contribution >= 0.6 is 0 Å². The van der Waals surface area contributed by atoms with E-state index in [1.807, 2.05) is 0 Å². The summed E-state index contributed by atoms with van der Waals surface area (Å²) in [4.78, 5) is 25.5. The Morgan fingerprint density at radius 3 is 2.40 bits per heavy atom. The zero-order valence-corrected chi connectivity index (χ0v) is 11.2. The van der Waals surface area contributed by atoms with E-state index in [1.54, 1.807) is 29.2 Å². The molecule has 0 radical (unpaired) electrons. The summed E-state index contributed by atoms with van der Waals surface area (Å²) < 4.78 is 0. The van der Waals surface area contributed by atoms with Crippen LogP contribution in [-0.4, -0.2) is 41.0 Å². The Morgan fingerprint density at radius 1 is 1.15 bits per heavy atom. The van der Waals surface area contributed by atoms with Gasteiger partial charge in [-0.25, -0.2) is 0 Å². The molecular formula is C15H18N2O3. The third-order valence-corrected chi connectivity index (χ3v) is 3.80. The Hall–Kier alpha value is -1.88. The minimum Gasteiger partial charge on any atom is -0.391 e. The highest BCUT2D eigenvalue weighted by Gasteiger charge is 2.29. The molecule has 2 N–H and O–H groups in total. The van der Waals surface area contributed by atoms with Crippen LogP contribution in [0.15, 0.2) is 24.3 Å². The molecular weight excluding hydrogens is 256 g/mol. The number of carbonyl (C=O) groups excluding carboxylic acids is 2. The van der Waals surface area contributed by atoms with Crippen molar-refractivity contribution in [3.63, 3.8) is 0 Å². The lowest BCUT2D eigenvalue weighted by atomic mass is 10.2. The van der Waals surface area contributed by atoms with Crippen LogP contribution in [0.1, 0.15) is 29.6 Å². The average molecular weight is 274 g/mol. The largest absolute Gasteiger partial charge is 0.391 e. The minimum absolute atomic E-state index is 0.0618. The van der Waals surface area contributed by atoms with Crippen molar-refractivity contribution in [1.82, 2.24) is 4.90 Å². The molecule has 0 aromatic heterocycles. The number of anilines is 1. The molecule has 5 heteroatoms. The molecule has 5 nitrogen and oxygen atoms in total. The Kier molecular flexibility index (Phi) is 3.44. The zero-order chi connectivity index (χ0) is 14.1.